The van der Waals surface area contributed by atoms with E-state index in [1.165, 1.54) is 24.3 Å². The normalized spacial score (nSPS) is 37.3. The highest BCUT2D eigenvalue weighted by atomic mass is 16.8. The van der Waals surface area contributed by atoms with Crippen LogP contribution in [-0.4, -0.2) is 178 Å². The Kier molecular flexibility index (Phi) is 11.9. The summed E-state index contributed by atoms with van der Waals surface area (Å²) in [4.78, 5) is 14.0. The van der Waals surface area contributed by atoms with Crippen LogP contribution in [-0.2, 0) is 23.7 Å². The number of ether oxygens (including phenoxy) is 6. The van der Waals surface area contributed by atoms with Crippen molar-refractivity contribution in [2.75, 3.05) is 19.8 Å². The molecule has 0 saturated carbocycles. The van der Waals surface area contributed by atoms with Crippen LogP contribution in [0.3, 0.4) is 0 Å². The molecule has 0 aliphatic carbocycles. The quantitative estimate of drug-likeness (QED) is 0.0922. The molecule has 21 heteroatoms. The van der Waals surface area contributed by atoms with Gasteiger partial charge in [-0.3, -0.25) is 4.79 Å². The molecule has 0 spiro atoms. The van der Waals surface area contributed by atoms with Crippen molar-refractivity contribution in [3.63, 3.8) is 0 Å². The van der Waals surface area contributed by atoms with Crippen LogP contribution in [0.1, 0.15) is 0 Å². The third-order valence-corrected chi connectivity index (χ3v) is 9.34. The highest BCUT2D eigenvalue weighted by Crippen LogP contribution is 2.38. The molecule has 3 aromatic rings. The monoisotopic (exact) mass is 772 g/mol. The molecule has 6 rings (SSSR count). The molecule has 4 heterocycles. The largest absolute Gasteiger partial charge is 0.508 e. The third kappa shape index (κ3) is 7.58. The van der Waals surface area contributed by atoms with E-state index in [9.17, 15) is 71.2 Å². The van der Waals surface area contributed by atoms with Gasteiger partial charge in [-0.25, -0.2) is 0 Å². The number of aliphatic hydroxyl groups is 10. The number of phenols is 3. The Bertz CT molecular complexity index is 1800. The molecule has 1 aromatic heterocycles. The lowest BCUT2D eigenvalue weighted by Crippen LogP contribution is -2.65. The Morgan fingerprint density at radius 3 is 1.78 bits per heavy atom. The van der Waals surface area contributed by atoms with Gasteiger partial charge in [-0.15, -0.1) is 0 Å². The molecule has 54 heavy (non-hydrogen) atoms. The van der Waals surface area contributed by atoms with Gasteiger partial charge >= 0.3 is 0 Å². The van der Waals surface area contributed by atoms with E-state index in [1.54, 1.807) is 0 Å². The van der Waals surface area contributed by atoms with E-state index in [1.807, 2.05) is 0 Å². The zero-order valence-corrected chi connectivity index (χ0v) is 27.8. The third-order valence-electron chi connectivity index (χ3n) is 9.34. The highest BCUT2D eigenvalue weighted by Gasteiger charge is 2.53. The van der Waals surface area contributed by atoms with Crippen LogP contribution in [0.4, 0.5) is 0 Å². The van der Waals surface area contributed by atoms with E-state index < -0.39 is 140 Å². The first-order valence-electron chi connectivity index (χ1n) is 16.5. The molecule has 3 fully saturated rings. The molecule has 3 aliphatic rings. The maximum absolute atomic E-state index is 14.0. The van der Waals surface area contributed by atoms with Crippen LogP contribution in [0.5, 0.6) is 23.0 Å². The van der Waals surface area contributed by atoms with Crippen LogP contribution in [0.15, 0.2) is 45.6 Å². The van der Waals surface area contributed by atoms with Gasteiger partial charge in [0.1, 0.15) is 95.4 Å². The topological polar surface area (TPSA) is 349 Å². The smallest absolute Gasteiger partial charge is 0.239 e. The second-order valence-corrected chi connectivity index (χ2v) is 12.9. The number of fused-ring (bicyclic) bond motifs is 1. The molecule has 21 nitrogen and oxygen atoms in total. The Hall–Kier alpha value is -3.75. The fraction of sp³-hybridized carbons (Fsp3) is 0.545. The van der Waals surface area contributed by atoms with Gasteiger partial charge in [-0.1, -0.05) is 0 Å². The molecule has 3 saturated heterocycles. The Balaban J connectivity index is 1.38. The highest BCUT2D eigenvalue weighted by molar-refractivity contribution is 5.88. The Morgan fingerprint density at radius 2 is 1.17 bits per heavy atom. The van der Waals surface area contributed by atoms with Crippen LogP contribution in [0.2, 0.25) is 0 Å². The first kappa shape index (κ1) is 39.9. The van der Waals surface area contributed by atoms with Gasteiger partial charge in [0.2, 0.25) is 17.5 Å². The van der Waals surface area contributed by atoms with Gasteiger partial charge < -0.3 is 99.2 Å². The number of benzene rings is 2. The van der Waals surface area contributed by atoms with Crippen molar-refractivity contribution in [1.29, 1.82) is 0 Å². The molecule has 15 atom stereocenters. The summed E-state index contributed by atoms with van der Waals surface area (Å²) < 4.78 is 39.8. The standard InChI is InChI=1S/C33H40O21/c34-7-15-19(39)23(43)26(46)31(50-15)48-9-17-21(41)25(45)30(54-32-27(47)24(44)20(40)16(8-35)51-32)33(52-17)53-29-22(42)18-13(38)5-12(37)6-14(18)49-28(29)10-1-3-11(36)4-2-10/h1-6,15-17,19-21,23-27,30-41,43-47H,7-9H2/t15-,16-,17-,19-,20-,21-,23+,24+,25+,26-,27-,30-,31-,32-,33+/m1/s1. The molecular weight excluding hydrogens is 732 g/mol. The zero-order valence-electron chi connectivity index (χ0n) is 27.8. The molecule has 0 amide bonds. The minimum Gasteiger partial charge on any atom is -0.508 e. The predicted molar refractivity (Wildman–Crippen MR) is 173 cm³/mol. The van der Waals surface area contributed by atoms with Crippen LogP contribution in [0, 0.1) is 0 Å². The van der Waals surface area contributed by atoms with E-state index in [-0.39, 0.29) is 22.7 Å². The summed E-state index contributed by atoms with van der Waals surface area (Å²) in [6.45, 7) is -2.42. The summed E-state index contributed by atoms with van der Waals surface area (Å²) in [5.41, 5.74) is -1.29. The molecular formula is C33H40O21. The number of phenolic OH excluding ortho intramolecular Hbond substituents is 3. The summed E-state index contributed by atoms with van der Waals surface area (Å²) in [6.07, 6.45) is -27.5. The minimum absolute atomic E-state index is 0.0925. The summed E-state index contributed by atoms with van der Waals surface area (Å²) in [5.74, 6) is -2.49. The van der Waals surface area contributed by atoms with E-state index >= 15 is 0 Å². The van der Waals surface area contributed by atoms with Crippen LogP contribution >= 0.6 is 0 Å². The predicted octanol–water partition coefficient (Wildman–Crippen LogP) is -4.60. The molecule has 0 radical (unpaired) electrons. The second-order valence-electron chi connectivity index (χ2n) is 12.9. The maximum atomic E-state index is 14.0. The van der Waals surface area contributed by atoms with Crippen LogP contribution < -0.4 is 10.2 Å². The lowest BCUT2D eigenvalue weighted by molar-refractivity contribution is -0.363. The first-order chi connectivity index (χ1) is 25.6. The fourth-order valence-corrected chi connectivity index (χ4v) is 6.31. The second kappa shape index (κ2) is 16.2. The fourth-order valence-electron chi connectivity index (χ4n) is 6.31. The average Bonchev–Trinajstić information content (AvgIpc) is 3.14. The van der Waals surface area contributed by atoms with Gasteiger partial charge in [-0.05, 0) is 24.3 Å². The molecule has 3 aliphatic heterocycles. The molecule has 298 valence electrons. The first-order valence-corrected chi connectivity index (χ1v) is 16.5. The van der Waals surface area contributed by atoms with E-state index in [2.05, 4.69) is 0 Å². The summed E-state index contributed by atoms with van der Waals surface area (Å²) in [7, 11) is 0. The SMILES string of the molecule is O=c1c(O[C@@H]2O[C@H](CO[C@@H]3O[C@H](CO)[C@@H](O)[C@H](O)[C@H]3O)[C@@H](O)[C@H](O)[C@H]2O[C@H]2O[C@H](CO)[C@@H](O)[C@H](O)[C@H]2O)c(-c2ccc(O)cc2)oc2cc(O)cc(O)c12. The summed E-state index contributed by atoms with van der Waals surface area (Å²) in [5, 5.41) is 134. The number of hydrogen-bond donors (Lipinski definition) is 13. The minimum atomic E-state index is -2.10. The van der Waals surface area contributed by atoms with Crippen molar-refractivity contribution in [3.05, 3.63) is 46.6 Å². The molecule has 13 N–H and O–H groups in total. The van der Waals surface area contributed by atoms with Crippen molar-refractivity contribution < 1.29 is 99.2 Å². The van der Waals surface area contributed by atoms with Crippen molar-refractivity contribution in [2.24, 2.45) is 0 Å². The lowest BCUT2D eigenvalue weighted by atomic mass is 9.97. The zero-order chi connectivity index (χ0) is 39.2. The van der Waals surface area contributed by atoms with Gasteiger partial charge in [0.05, 0.1) is 19.8 Å². The van der Waals surface area contributed by atoms with Gasteiger partial charge in [-0.2, -0.15) is 0 Å². The molecule has 2 aromatic carbocycles. The molecule has 0 unspecified atom stereocenters. The van der Waals surface area contributed by atoms with Crippen molar-refractivity contribution >= 4 is 11.0 Å². The maximum Gasteiger partial charge on any atom is 0.239 e. The number of hydrogen-bond acceptors (Lipinski definition) is 21. The van der Waals surface area contributed by atoms with E-state index in [0.717, 1.165) is 12.1 Å². The average molecular weight is 773 g/mol. The van der Waals surface area contributed by atoms with Gasteiger partial charge in [0.25, 0.3) is 0 Å². The van der Waals surface area contributed by atoms with E-state index in [0.29, 0.717) is 0 Å². The van der Waals surface area contributed by atoms with Crippen molar-refractivity contribution in [1.82, 2.24) is 0 Å². The number of aromatic hydroxyl groups is 3. The molecule has 0 bridgehead atoms. The van der Waals surface area contributed by atoms with Crippen LogP contribution in [0.25, 0.3) is 22.3 Å². The summed E-state index contributed by atoms with van der Waals surface area (Å²) >= 11 is 0. The van der Waals surface area contributed by atoms with Crippen molar-refractivity contribution in [2.45, 2.75) is 92.1 Å². The van der Waals surface area contributed by atoms with E-state index in [4.69, 9.17) is 32.8 Å². The summed E-state index contributed by atoms with van der Waals surface area (Å²) in [6, 6.07) is 6.97. The van der Waals surface area contributed by atoms with Gasteiger partial charge in [0, 0.05) is 17.7 Å². The van der Waals surface area contributed by atoms with Gasteiger partial charge in [0.15, 0.2) is 24.4 Å². The Morgan fingerprint density at radius 1 is 0.611 bits per heavy atom. The number of rotatable bonds is 10. The lowest BCUT2D eigenvalue weighted by Gasteiger charge is -2.46. The number of aliphatic hydroxyl groups excluding tert-OH is 10. The van der Waals surface area contributed by atoms with Crippen molar-refractivity contribution in [3.8, 4) is 34.3 Å². The Labute approximate surface area is 303 Å².